The van der Waals surface area contributed by atoms with Gasteiger partial charge in [0.05, 0.1) is 0 Å². The Kier molecular flexibility index (Phi) is 3.93. The highest BCUT2D eigenvalue weighted by molar-refractivity contribution is 5.32. The lowest BCUT2D eigenvalue weighted by Gasteiger charge is -2.07. The van der Waals surface area contributed by atoms with Gasteiger partial charge >= 0.3 is 0 Å². The van der Waals surface area contributed by atoms with Crippen LogP contribution >= 0.6 is 0 Å². The van der Waals surface area contributed by atoms with Gasteiger partial charge < -0.3 is 4.74 Å². The molecule has 0 amide bonds. The number of pyridine rings is 1. The van der Waals surface area contributed by atoms with Crippen molar-refractivity contribution >= 4 is 0 Å². The molecule has 1 aliphatic carbocycles. The first-order valence-electron chi connectivity index (χ1n) is 5.36. The normalized spacial score (nSPS) is 14.3. The lowest BCUT2D eigenvalue weighted by Crippen LogP contribution is -2.00. The van der Waals surface area contributed by atoms with Crippen LogP contribution in [0, 0.1) is 13.8 Å². The SMILES string of the molecule is CC.Cc1ccnc(OC2CC2)c1C. The van der Waals surface area contributed by atoms with Crippen LogP contribution in [0.4, 0.5) is 0 Å². The Hall–Kier alpha value is -1.05. The molecule has 1 aromatic heterocycles. The molecule has 0 aromatic carbocycles. The molecule has 1 fully saturated rings. The predicted octanol–water partition coefficient (Wildman–Crippen LogP) is 3.27. The van der Waals surface area contributed by atoms with E-state index in [1.165, 1.54) is 24.0 Å². The van der Waals surface area contributed by atoms with Gasteiger partial charge in [0.15, 0.2) is 0 Å². The second-order valence-electron chi connectivity index (χ2n) is 3.38. The molecule has 0 N–H and O–H groups in total. The van der Waals surface area contributed by atoms with Crippen molar-refractivity contribution in [2.24, 2.45) is 0 Å². The Labute approximate surface area is 86.3 Å². The van der Waals surface area contributed by atoms with Crippen LogP contribution in [0.1, 0.15) is 37.8 Å². The summed E-state index contributed by atoms with van der Waals surface area (Å²) in [4.78, 5) is 4.20. The summed E-state index contributed by atoms with van der Waals surface area (Å²) in [6.07, 6.45) is 4.63. The molecule has 0 aliphatic heterocycles. The monoisotopic (exact) mass is 193 g/mol. The fourth-order valence-electron chi connectivity index (χ4n) is 1.07. The molecule has 0 radical (unpaired) electrons. The summed E-state index contributed by atoms with van der Waals surface area (Å²) in [5.41, 5.74) is 2.42. The average molecular weight is 193 g/mol. The molecular formula is C12H19NO. The van der Waals surface area contributed by atoms with Crippen LogP contribution in [0.25, 0.3) is 0 Å². The summed E-state index contributed by atoms with van der Waals surface area (Å²) in [5.74, 6) is 0.817. The maximum absolute atomic E-state index is 5.63. The van der Waals surface area contributed by atoms with E-state index >= 15 is 0 Å². The molecule has 2 nitrogen and oxygen atoms in total. The Bertz CT molecular complexity index is 292. The van der Waals surface area contributed by atoms with E-state index in [9.17, 15) is 0 Å². The van der Waals surface area contributed by atoms with Crippen LogP contribution in [-0.2, 0) is 0 Å². The van der Waals surface area contributed by atoms with E-state index in [0.717, 1.165) is 5.88 Å². The summed E-state index contributed by atoms with van der Waals surface area (Å²) in [6, 6.07) is 2.01. The van der Waals surface area contributed by atoms with Crippen molar-refractivity contribution < 1.29 is 4.74 Å². The molecule has 14 heavy (non-hydrogen) atoms. The van der Waals surface area contributed by atoms with Crippen LogP contribution < -0.4 is 4.74 Å². The summed E-state index contributed by atoms with van der Waals surface area (Å²) in [5, 5.41) is 0. The van der Waals surface area contributed by atoms with Crippen molar-refractivity contribution in [2.45, 2.75) is 46.6 Å². The van der Waals surface area contributed by atoms with Crippen molar-refractivity contribution in [3.63, 3.8) is 0 Å². The van der Waals surface area contributed by atoms with E-state index in [1.54, 1.807) is 6.20 Å². The molecule has 2 heteroatoms. The lowest BCUT2D eigenvalue weighted by atomic mass is 10.2. The number of rotatable bonds is 2. The van der Waals surface area contributed by atoms with Crippen LogP contribution in [0.2, 0.25) is 0 Å². The molecule has 0 bridgehead atoms. The zero-order valence-corrected chi connectivity index (χ0v) is 9.50. The molecule has 2 rings (SSSR count). The van der Waals surface area contributed by atoms with Crippen molar-refractivity contribution in [2.75, 3.05) is 0 Å². The number of nitrogens with zero attached hydrogens (tertiary/aromatic N) is 1. The molecule has 78 valence electrons. The van der Waals surface area contributed by atoms with Gasteiger partial charge in [-0.1, -0.05) is 13.8 Å². The Morgan fingerprint density at radius 2 is 1.93 bits per heavy atom. The van der Waals surface area contributed by atoms with Crippen molar-refractivity contribution in [1.29, 1.82) is 0 Å². The van der Waals surface area contributed by atoms with Crippen LogP contribution in [0.15, 0.2) is 12.3 Å². The Balaban J connectivity index is 0.000000461. The van der Waals surface area contributed by atoms with Crippen molar-refractivity contribution in [3.8, 4) is 5.88 Å². The standard InChI is InChI=1S/C10H13NO.C2H6/c1-7-5-6-11-10(8(7)2)12-9-3-4-9;1-2/h5-6,9H,3-4H2,1-2H3;1-2H3. The molecule has 1 aliphatic rings. The number of hydrogen-bond acceptors (Lipinski definition) is 2. The summed E-state index contributed by atoms with van der Waals surface area (Å²) in [7, 11) is 0. The van der Waals surface area contributed by atoms with Gasteiger partial charge in [-0.05, 0) is 38.3 Å². The number of hydrogen-bond donors (Lipinski definition) is 0. The van der Waals surface area contributed by atoms with Crippen LogP contribution in [0.3, 0.4) is 0 Å². The lowest BCUT2D eigenvalue weighted by molar-refractivity contribution is 0.288. The number of ether oxygens (including phenoxy) is 1. The first kappa shape index (κ1) is 11.0. The average Bonchev–Trinajstić information content (AvgIpc) is 3.00. The molecule has 1 heterocycles. The van der Waals surface area contributed by atoms with E-state index in [4.69, 9.17) is 4.74 Å². The zero-order chi connectivity index (χ0) is 10.6. The third kappa shape index (κ3) is 2.72. The third-order valence-electron chi connectivity index (χ3n) is 2.23. The highest BCUT2D eigenvalue weighted by Crippen LogP contribution is 2.27. The second-order valence-corrected chi connectivity index (χ2v) is 3.38. The largest absolute Gasteiger partial charge is 0.474 e. The Morgan fingerprint density at radius 3 is 2.50 bits per heavy atom. The van der Waals surface area contributed by atoms with Crippen LogP contribution in [0.5, 0.6) is 5.88 Å². The predicted molar refractivity (Wildman–Crippen MR) is 58.7 cm³/mol. The highest BCUT2D eigenvalue weighted by atomic mass is 16.5. The maximum Gasteiger partial charge on any atom is 0.216 e. The van der Waals surface area contributed by atoms with Gasteiger partial charge in [0, 0.05) is 11.8 Å². The smallest absolute Gasteiger partial charge is 0.216 e. The number of aromatic nitrogens is 1. The maximum atomic E-state index is 5.63. The molecular weight excluding hydrogens is 174 g/mol. The molecule has 1 saturated carbocycles. The Morgan fingerprint density at radius 1 is 1.29 bits per heavy atom. The molecule has 0 saturated heterocycles. The molecule has 0 unspecified atom stereocenters. The summed E-state index contributed by atoms with van der Waals surface area (Å²) >= 11 is 0. The minimum atomic E-state index is 0.443. The summed E-state index contributed by atoms with van der Waals surface area (Å²) in [6.45, 7) is 8.14. The molecule has 0 atom stereocenters. The minimum absolute atomic E-state index is 0.443. The minimum Gasteiger partial charge on any atom is -0.474 e. The highest BCUT2D eigenvalue weighted by Gasteiger charge is 2.24. The fourth-order valence-corrected chi connectivity index (χ4v) is 1.07. The van der Waals surface area contributed by atoms with E-state index < -0.39 is 0 Å². The zero-order valence-electron chi connectivity index (χ0n) is 9.50. The van der Waals surface area contributed by atoms with E-state index in [2.05, 4.69) is 18.8 Å². The van der Waals surface area contributed by atoms with Crippen molar-refractivity contribution in [1.82, 2.24) is 4.98 Å². The second kappa shape index (κ2) is 4.99. The quantitative estimate of drug-likeness (QED) is 0.719. The van der Waals surface area contributed by atoms with E-state index in [1.807, 2.05) is 19.9 Å². The van der Waals surface area contributed by atoms with E-state index in [0.29, 0.717) is 6.10 Å². The van der Waals surface area contributed by atoms with Crippen LogP contribution in [-0.4, -0.2) is 11.1 Å². The van der Waals surface area contributed by atoms with Crippen molar-refractivity contribution in [3.05, 3.63) is 23.4 Å². The first-order chi connectivity index (χ1) is 6.77. The topological polar surface area (TPSA) is 22.1 Å². The van der Waals surface area contributed by atoms with Gasteiger partial charge in [-0.3, -0.25) is 0 Å². The molecule has 0 spiro atoms. The third-order valence-corrected chi connectivity index (χ3v) is 2.23. The van der Waals surface area contributed by atoms with E-state index in [-0.39, 0.29) is 0 Å². The summed E-state index contributed by atoms with van der Waals surface area (Å²) < 4.78 is 5.63. The number of aryl methyl sites for hydroxylation is 1. The van der Waals surface area contributed by atoms with Gasteiger partial charge in [-0.15, -0.1) is 0 Å². The van der Waals surface area contributed by atoms with Gasteiger partial charge in [0.1, 0.15) is 6.10 Å². The van der Waals surface area contributed by atoms with Gasteiger partial charge in [0.25, 0.3) is 0 Å². The van der Waals surface area contributed by atoms with Gasteiger partial charge in [0.2, 0.25) is 5.88 Å². The molecule has 1 aromatic rings. The van der Waals surface area contributed by atoms with Gasteiger partial charge in [-0.25, -0.2) is 4.98 Å². The van der Waals surface area contributed by atoms with Gasteiger partial charge in [-0.2, -0.15) is 0 Å². The fraction of sp³-hybridized carbons (Fsp3) is 0.583. The first-order valence-corrected chi connectivity index (χ1v) is 5.36.